The van der Waals surface area contributed by atoms with E-state index in [1.165, 1.54) is 0 Å². The van der Waals surface area contributed by atoms with Crippen molar-refractivity contribution in [2.45, 2.75) is 50.8 Å². The number of benzene rings is 1. The molecule has 110 valence electrons. The summed E-state index contributed by atoms with van der Waals surface area (Å²) in [5.41, 5.74) is 0.969. The van der Waals surface area contributed by atoms with Crippen LogP contribution in [0.1, 0.15) is 22.2 Å². The normalized spacial score (nSPS) is 37.4. The van der Waals surface area contributed by atoms with E-state index in [4.69, 9.17) is 21.7 Å². The lowest BCUT2D eigenvalue weighted by Gasteiger charge is -2.23. The molecule has 0 aliphatic carbocycles. The molecule has 0 unspecified atom stereocenters. The van der Waals surface area contributed by atoms with Crippen LogP contribution in [0.2, 0.25) is 0 Å². The van der Waals surface area contributed by atoms with Gasteiger partial charge in [-0.05, 0) is 19.4 Å². The standard InChI is InChI=1S/C15H20O5/c1-15(2)19-12-11(8-16)18-14(13(12)20-15)17-9-10-6-4-3-5-7-10/h3-7,11-14,16H,8-9H2,1-2H3/t11-,12+,13+,14+/m1/s1/i8D2. The van der Waals surface area contributed by atoms with E-state index < -0.39 is 36.9 Å². The number of hydrogen-bond acceptors (Lipinski definition) is 5. The van der Waals surface area contributed by atoms with Gasteiger partial charge >= 0.3 is 0 Å². The Morgan fingerprint density at radius 2 is 1.95 bits per heavy atom. The molecule has 5 heteroatoms. The van der Waals surface area contributed by atoms with Crippen molar-refractivity contribution in [3.63, 3.8) is 0 Å². The fourth-order valence-corrected chi connectivity index (χ4v) is 2.55. The second-order valence-corrected chi connectivity index (χ2v) is 5.42. The van der Waals surface area contributed by atoms with E-state index in [1.54, 1.807) is 13.8 Å². The van der Waals surface area contributed by atoms with Gasteiger partial charge in [-0.15, -0.1) is 0 Å². The summed E-state index contributed by atoms with van der Waals surface area (Å²) < 4.78 is 37.6. The van der Waals surface area contributed by atoms with Crippen LogP contribution in [0.25, 0.3) is 0 Å². The van der Waals surface area contributed by atoms with Crippen LogP contribution in [-0.4, -0.2) is 42.1 Å². The minimum absolute atomic E-state index is 0.305. The smallest absolute Gasteiger partial charge is 0.187 e. The predicted octanol–water partition coefficient (Wildman–Crippen LogP) is 1.44. The maximum atomic E-state index is 9.65. The first-order valence-electron chi connectivity index (χ1n) is 7.65. The van der Waals surface area contributed by atoms with E-state index in [1.807, 2.05) is 30.3 Å². The summed E-state index contributed by atoms with van der Waals surface area (Å²) >= 11 is 0. The summed E-state index contributed by atoms with van der Waals surface area (Å²) in [4.78, 5) is 0. The fourth-order valence-electron chi connectivity index (χ4n) is 2.55. The summed E-state index contributed by atoms with van der Waals surface area (Å²) in [7, 11) is 0. The first-order chi connectivity index (χ1) is 10.3. The molecule has 2 heterocycles. The topological polar surface area (TPSA) is 57.2 Å². The summed E-state index contributed by atoms with van der Waals surface area (Å²) in [6.45, 7) is 1.25. The Morgan fingerprint density at radius 1 is 1.25 bits per heavy atom. The summed E-state index contributed by atoms with van der Waals surface area (Å²) in [5.74, 6) is -0.864. The van der Waals surface area contributed by atoms with Gasteiger partial charge in [0, 0.05) is 0 Å². The molecule has 0 radical (unpaired) electrons. The zero-order valence-electron chi connectivity index (χ0n) is 13.5. The molecule has 1 N–H and O–H groups in total. The highest BCUT2D eigenvalue weighted by molar-refractivity contribution is 5.13. The molecular weight excluding hydrogens is 260 g/mol. The number of rotatable bonds is 4. The monoisotopic (exact) mass is 282 g/mol. The molecule has 0 spiro atoms. The summed E-state index contributed by atoms with van der Waals surface area (Å²) in [5, 5.41) is 9.65. The number of fused-ring (bicyclic) bond motifs is 1. The molecule has 4 atom stereocenters. The molecule has 5 nitrogen and oxygen atoms in total. The molecule has 0 amide bonds. The number of aliphatic hydroxyl groups is 1. The Morgan fingerprint density at radius 3 is 2.65 bits per heavy atom. The van der Waals surface area contributed by atoms with E-state index >= 15 is 0 Å². The van der Waals surface area contributed by atoms with Gasteiger partial charge in [-0.25, -0.2) is 0 Å². The van der Waals surface area contributed by atoms with Gasteiger partial charge in [0.1, 0.15) is 18.3 Å². The maximum Gasteiger partial charge on any atom is 0.187 e. The molecule has 2 saturated heterocycles. The third-order valence-corrected chi connectivity index (χ3v) is 3.40. The van der Waals surface area contributed by atoms with Crippen molar-refractivity contribution in [3.8, 4) is 0 Å². The zero-order chi connectivity index (χ0) is 16.0. The SMILES string of the molecule is [2H]C([2H])(O)[C@H]1O[C@H](OCc2ccccc2)[C@H]2OC(C)(C)O[C@H]21. The largest absolute Gasteiger partial charge is 0.394 e. The highest BCUT2D eigenvalue weighted by Gasteiger charge is 2.55. The lowest BCUT2D eigenvalue weighted by Crippen LogP contribution is -2.32. The average molecular weight is 282 g/mol. The Bertz CT molecular complexity index is 516. The third-order valence-electron chi connectivity index (χ3n) is 3.40. The molecule has 1 aromatic carbocycles. The van der Waals surface area contributed by atoms with Crippen LogP contribution >= 0.6 is 0 Å². The third kappa shape index (κ3) is 2.73. The maximum absolute atomic E-state index is 9.65. The van der Waals surface area contributed by atoms with Crippen molar-refractivity contribution in [1.29, 1.82) is 0 Å². The molecule has 2 fully saturated rings. The van der Waals surface area contributed by atoms with Gasteiger partial charge in [0.05, 0.1) is 15.9 Å². The van der Waals surface area contributed by atoms with E-state index in [0.717, 1.165) is 5.56 Å². The van der Waals surface area contributed by atoms with Gasteiger partial charge in [-0.3, -0.25) is 0 Å². The van der Waals surface area contributed by atoms with Crippen molar-refractivity contribution >= 4 is 0 Å². The van der Waals surface area contributed by atoms with Crippen molar-refractivity contribution < 1.29 is 26.8 Å². The van der Waals surface area contributed by atoms with E-state index in [-0.39, 0.29) is 0 Å². The minimum Gasteiger partial charge on any atom is -0.394 e. The van der Waals surface area contributed by atoms with Gasteiger partial charge in [0.15, 0.2) is 12.1 Å². The summed E-state index contributed by atoms with van der Waals surface area (Å²) in [6, 6.07) is 9.57. The van der Waals surface area contributed by atoms with Crippen LogP contribution < -0.4 is 0 Å². The Kier molecular flexibility index (Phi) is 3.16. The fraction of sp³-hybridized carbons (Fsp3) is 0.600. The van der Waals surface area contributed by atoms with Crippen LogP contribution in [0.5, 0.6) is 0 Å². The zero-order valence-corrected chi connectivity index (χ0v) is 11.5. The molecule has 0 aromatic heterocycles. The van der Waals surface area contributed by atoms with E-state index in [9.17, 15) is 5.11 Å². The van der Waals surface area contributed by atoms with Gasteiger partial charge in [0.25, 0.3) is 0 Å². The highest BCUT2D eigenvalue weighted by atomic mass is 16.8. The second kappa shape index (κ2) is 5.42. The Balaban J connectivity index is 1.72. The first kappa shape index (κ1) is 11.7. The van der Waals surface area contributed by atoms with Crippen LogP contribution in [-0.2, 0) is 25.6 Å². The molecule has 2 aliphatic heterocycles. The van der Waals surface area contributed by atoms with Crippen LogP contribution in [0.15, 0.2) is 30.3 Å². The highest BCUT2D eigenvalue weighted by Crippen LogP contribution is 2.39. The molecule has 0 bridgehead atoms. The van der Waals surface area contributed by atoms with Gasteiger partial charge in [-0.2, -0.15) is 0 Å². The van der Waals surface area contributed by atoms with Crippen molar-refractivity contribution in [2.24, 2.45) is 0 Å². The lowest BCUT2D eigenvalue weighted by molar-refractivity contribution is -0.239. The molecule has 0 saturated carbocycles. The van der Waals surface area contributed by atoms with Crippen LogP contribution in [0.4, 0.5) is 0 Å². The number of hydrogen-bond donors (Lipinski definition) is 1. The minimum atomic E-state index is -2.53. The molecule has 3 rings (SSSR count). The second-order valence-electron chi connectivity index (χ2n) is 5.42. The Labute approximate surface area is 121 Å². The van der Waals surface area contributed by atoms with Crippen molar-refractivity contribution in [1.82, 2.24) is 0 Å². The molecule has 1 aromatic rings. The van der Waals surface area contributed by atoms with E-state index in [2.05, 4.69) is 0 Å². The molecule has 2 aliphatic rings. The molecular formula is C15H20O5. The van der Waals surface area contributed by atoms with Crippen molar-refractivity contribution in [2.75, 3.05) is 6.56 Å². The predicted molar refractivity (Wildman–Crippen MR) is 70.8 cm³/mol. The van der Waals surface area contributed by atoms with Gasteiger partial charge in [-0.1, -0.05) is 30.3 Å². The first-order valence-corrected chi connectivity index (χ1v) is 6.65. The summed E-state index contributed by atoms with van der Waals surface area (Å²) in [6.07, 6.45) is -3.24. The quantitative estimate of drug-likeness (QED) is 0.905. The lowest BCUT2D eigenvalue weighted by atomic mass is 10.1. The Hall–Kier alpha value is -0.980. The van der Waals surface area contributed by atoms with Gasteiger partial charge in [0.2, 0.25) is 0 Å². The van der Waals surface area contributed by atoms with Crippen molar-refractivity contribution in [3.05, 3.63) is 35.9 Å². The van der Waals surface area contributed by atoms with E-state index in [0.29, 0.717) is 6.61 Å². The van der Waals surface area contributed by atoms with Crippen LogP contribution in [0, 0.1) is 0 Å². The van der Waals surface area contributed by atoms with Crippen LogP contribution in [0.3, 0.4) is 0 Å². The number of ether oxygens (including phenoxy) is 4. The molecule has 20 heavy (non-hydrogen) atoms. The average Bonchev–Trinajstić information content (AvgIpc) is 2.90. The van der Waals surface area contributed by atoms with Gasteiger partial charge < -0.3 is 24.1 Å².